The van der Waals surface area contributed by atoms with Crippen molar-refractivity contribution in [2.24, 2.45) is 0 Å². The van der Waals surface area contributed by atoms with Crippen LogP contribution in [0.4, 0.5) is 5.82 Å². The van der Waals surface area contributed by atoms with Gasteiger partial charge in [0, 0.05) is 3.57 Å². The molecule has 0 saturated heterocycles. The maximum Gasteiger partial charge on any atom is 0.269 e. The molecule has 0 aliphatic rings. The third-order valence-corrected chi connectivity index (χ3v) is 4.07. The quantitative estimate of drug-likeness (QED) is 0.801. The van der Waals surface area contributed by atoms with Gasteiger partial charge < -0.3 is 10.1 Å². The van der Waals surface area contributed by atoms with Crippen LogP contribution in [-0.2, 0) is 4.79 Å². The number of nitrogens with one attached hydrogen (secondary N) is 1. The van der Waals surface area contributed by atoms with Crippen molar-refractivity contribution in [3.8, 4) is 5.75 Å². The molecular formula is C16H17IN2O2. The third-order valence-electron chi connectivity index (χ3n) is 2.93. The molecular weight excluding hydrogens is 379 g/mol. The fourth-order valence-electron chi connectivity index (χ4n) is 1.71. The van der Waals surface area contributed by atoms with Crippen molar-refractivity contribution in [1.82, 2.24) is 4.98 Å². The van der Waals surface area contributed by atoms with Gasteiger partial charge in [-0.2, -0.15) is 0 Å². The lowest BCUT2D eigenvalue weighted by molar-refractivity contribution is -0.128. The number of hydrogen-bond donors (Lipinski definition) is 1. The number of anilines is 1. The molecule has 110 valence electrons. The van der Waals surface area contributed by atoms with Crippen LogP contribution in [0.25, 0.3) is 0 Å². The highest BCUT2D eigenvalue weighted by Gasteiger charge is 2.30. The molecule has 1 aromatic carbocycles. The highest BCUT2D eigenvalue weighted by molar-refractivity contribution is 14.1. The van der Waals surface area contributed by atoms with Gasteiger partial charge in [-0.1, -0.05) is 18.2 Å². The maximum absolute atomic E-state index is 12.4. The number of carbonyl (C=O) groups is 1. The van der Waals surface area contributed by atoms with Crippen molar-refractivity contribution in [3.05, 3.63) is 51.7 Å². The molecule has 0 spiro atoms. The summed E-state index contributed by atoms with van der Waals surface area (Å²) in [5.74, 6) is 0.950. The molecule has 21 heavy (non-hydrogen) atoms. The number of rotatable bonds is 4. The number of benzene rings is 1. The molecule has 0 atom stereocenters. The molecule has 2 rings (SSSR count). The van der Waals surface area contributed by atoms with E-state index in [1.807, 2.05) is 43.3 Å². The minimum Gasteiger partial charge on any atom is -0.478 e. The summed E-state index contributed by atoms with van der Waals surface area (Å²) in [6.45, 7) is 5.37. The standard InChI is InChI=1S/C16H17IN2O2/c1-11-13(17)9-10-14(18-11)19-15(20)16(2,3)21-12-7-5-4-6-8-12/h4-10H,1-3H3,(H,18,19,20). The largest absolute Gasteiger partial charge is 0.478 e. The molecule has 4 nitrogen and oxygen atoms in total. The second-order valence-electron chi connectivity index (χ2n) is 5.14. The number of nitrogens with zero attached hydrogens (tertiary/aromatic N) is 1. The number of aromatic nitrogens is 1. The summed E-state index contributed by atoms with van der Waals surface area (Å²) >= 11 is 2.21. The fourth-order valence-corrected chi connectivity index (χ4v) is 2.01. The molecule has 1 N–H and O–H groups in total. The van der Waals surface area contributed by atoms with Gasteiger partial charge in [-0.25, -0.2) is 4.98 Å². The fraction of sp³-hybridized carbons (Fsp3) is 0.250. The average molecular weight is 396 g/mol. The van der Waals surface area contributed by atoms with Crippen molar-refractivity contribution < 1.29 is 9.53 Å². The Morgan fingerprint density at radius 3 is 2.48 bits per heavy atom. The number of hydrogen-bond acceptors (Lipinski definition) is 3. The smallest absolute Gasteiger partial charge is 0.269 e. The lowest BCUT2D eigenvalue weighted by atomic mass is 10.1. The van der Waals surface area contributed by atoms with E-state index in [0.717, 1.165) is 9.26 Å². The van der Waals surface area contributed by atoms with E-state index >= 15 is 0 Å². The Hall–Kier alpha value is -1.63. The van der Waals surface area contributed by atoms with Gasteiger partial charge in [0.25, 0.3) is 5.91 Å². The van der Waals surface area contributed by atoms with Gasteiger partial charge in [0.1, 0.15) is 11.6 Å². The van der Waals surface area contributed by atoms with Crippen LogP contribution in [0.1, 0.15) is 19.5 Å². The number of pyridine rings is 1. The summed E-state index contributed by atoms with van der Waals surface area (Å²) in [5.41, 5.74) is -0.102. The second kappa shape index (κ2) is 6.43. The van der Waals surface area contributed by atoms with Gasteiger partial charge in [-0.3, -0.25) is 4.79 Å². The summed E-state index contributed by atoms with van der Waals surface area (Å²) in [6.07, 6.45) is 0. The summed E-state index contributed by atoms with van der Waals surface area (Å²) in [4.78, 5) is 16.7. The SMILES string of the molecule is Cc1nc(NC(=O)C(C)(C)Oc2ccccc2)ccc1I. The number of carbonyl (C=O) groups excluding carboxylic acids is 1. The number of para-hydroxylation sites is 1. The summed E-state index contributed by atoms with van der Waals surface area (Å²) in [5, 5.41) is 2.79. The molecule has 0 radical (unpaired) electrons. The van der Waals surface area contributed by atoms with Crippen molar-refractivity contribution in [2.45, 2.75) is 26.4 Å². The van der Waals surface area contributed by atoms with E-state index in [1.165, 1.54) is 0 Å². The summed E-state index contributed by atoms with van der Waals surface area (Å²) in [6, 6.07) is 13.0. The zero-order valence-corrected chi connectivity index (χ0v) is 14.3. The Morgan fingerprint density at radius 2 is 1.86 bits per heavy atom. The molecule has 0 aliphatic heterocycles. The Balaban J connectivity index is 2.09. The highest BCUT2D eigenvalue weighted by Crippen LogP contribution is 2.20. The van der Waals surface area contributed by atoms with Crippen LogP contribution in [0.2, 0.25) is 0 Å². The van der Waals surface area contributed by atoms with E-state index < -0.39 is 5.60 Å². The molecule has 5 heteroatoms. The van der Waals surface area contributed by atoms with Gasteiger partial charge in [-0.15, -0.1) is 0 Å². The lowest BCUT2D eigenvalue weighted by Gasteiger charge is -2.25. The predicted octanol–water partition coefficient (Wildman–Crippen LogP) is 3.79. The van der Waals surface area contributed by atoms with Crippen LogP contribution in [0, 0.1) is 10.5 Å². The second-order valence-corrected chi connectivity index (χ2v) is 6.31. The first-order chi connectivity index (χ1) is 9.88. The normalized spacial score (nSPS) is 11.0. The zero-order valence-electron chi connectivity index (χ0n) is 12.2. The number of amides is 1. The van der Waals surface area contributed by atoms with E-state index in [9.17, 15) is 4.79 Å². The van der Waals surface area contributed by atoms with Crippen LogP contribution in [0.3, 0.4) is 0 Å². The third kappa shape index (κ3) is 4.17. The molecule has 1 heterocycles. The van der Waals surface area contributed by atoms with E-state index in [-0.39, 0.29) is 5.91 Å². The zero-order chi connectivity index (χ0) is 15.5. The Kier molecular flexibility index (Phi) is 4.82. The van der Waals surface area contributed by atoms with E-state index in [1.54, 1.807) is 19.9 Å². The van der Waals surface area contributed by atoms with Crippen LogP contribution < -0.4 is 10.1 Å². The number of halogens is 1. The van der Waals surface area contributed by atoms with Crippen LogP contribution in [0.15, 0.2) is 42.5 Å². The van der Waals surface area contributed by atoms with Gasteiger partial charge in [0.15, 0.2) is 5.60 Å². The Bertz CT molecular complexity index is 642. The molecule has 1 aromatic heterocycles. The van der Waals surface area contributed by atoms with Crippen LogP contribution in [-0.4, -0.2) is 16.5 Å². The molecule has 0 fully saturated rings. The number of ether oxygens (including phenoxy) is 1. The molecule has 0 bridgehead atoms. The van der Waals surface area contributed by atoms with Crippen molar-refractivity contribution in [2.75, 3.05) is 5.32 Å². The van der Waals surface area contributed by atoms with Crippen molar-refractivity contribution >= 4 is 34.3 Å². The Morgan fingerprint density at radius 1 is 1.19 bits per heavy atom. The van der Waals surface area contributed by atoms with Gasteiger partial charge >= 0.3 is 0 Å². The van der Waals surface area contributed by atoms with E-state index in [0.29, 0.717) is 11.6 Å². The first kappa shape index (κ1) is 15.8. The minimum atomic E-state index is -0.986. The van der Waals surface area contributed by atoms with Gasteiger partial charge in [0.2, 0.25) is 0 Å². The highest BCUT2D eigenvalue weighted by atomic mass is 127. The number of aryl methyl sites for hydroxylation is 1. The molecule has 0 unspecified atom stereocenters. The molecule has 2 aromatic rings. The van der Waals surface area contributed by atoms with E-state index in [2.05, 4.69) is 32.9 Å². The van der Waals surface area contributed by atoms with E-state index in [4.69, 9.17) is 4.74 Å². The van der Waals surface area contributed by atoms with Crippen LogP contribution in [0.5, 0.6) is 5.75 Å². The summed E-state index contributed by atoms with van der Waals surface area (Å²) < 4.78 is 6.81. The molecule has 0 aliphatic carbocycles. The molecule has 1 amide bonds. The van der Waals surface area contributed by atoms with Gasteiger partial charge in [0.05, 0.1) is 5.69 Å². The monoisotopic (exact) mass is 396 g/mol. The van der Waals surface area contributed by atoms with Crippen LogP contribution >= 0.6 is 22.6 Å². The molecule has 0 saturated carbocycles. The van der Waals surface area contributed by atoms with Gasteiger partial charge in [-0.05, 0) is 67.6 Å². The topological polar surface area (TPSA) is 51.2 Å². The van der Waals surface area contributed by atoms with Crippen molar-refractivity contribution in [1.29, 1.82) is 0 Å². The lowest BCUT2D eigenvalue weighted by Crippen LogP contribution is -2.42. The average Bonchev–Trinajstić information content (AvgIpc) is 2.43. The minimum absolute atomic E-state index is 0.237. The summed E-state index contributed by atoms with van der Waals surface area (Å²) in [7, 11) is 0. The Labute approximate surface area is 138 Å². The predicted molar refractivity (Wildman–Crippen MR) is 91.5 cm³/mol. The first-order valence-corrected chi connectivity index (χ1v) is 7.65. The maximum atomic E-state index is 12.4. The van der Waals surface area contributed by atoms with Crippen molar-refractivity contribution in [3.63, 3.8) is 0 Å². The first-order valence-electron chi connectivity index (χ1n) is 6.57.